The zero-order chi connectivity index (χ0) is 14.7. The van der Waals surface area contributed by atoms with Crippen molar-refractivity contribution in [3.63, 3.8) is 0 Å². The van der Waals surface area contributed by atoms with E-state index in [0.29, 0.717) is 0 Å². The number of carbonyl (C=O) groups is 1. The van der Waals surface area contributed by atoms with E-state index in [2.05, 4.69) is 16.7 Å². The zero-order valence-corrected chi connectivity index (χ0v) is 13.2. The van der Waals surface area contributed by atoms with E-state index in [-0.39, 0.29) is 12.1 Å². The number of amides is 2. The smallest absolute Gasteiger partial charge is 0.319 e. The monoisotopic (exact) mass is 308 g/mol. The molecule has 20 heavy (non-hydrogen) atoms. The van der Waals surface area contributed by atoms with Gasteiger partial charge >= 0.3 is 6.03 Å². The minimum absolute atomic E-state index is 0.0709. The van der Waals surface area contributed by atoms with E-state index in [1.54, 1.807) is 0 Å². The summed E-state index contributed by atoms with van der Waals surface area (Å²) in [7, 11) is 0. The average Bonchev–Trinajstić information content (AvgIpc) is 2.74. The Labute approximate surface area is 128 Å². The lowest BCUT2D eigenvalue weighted by Crippen LogP contribution is -2.30. The third-order valence-electron chi connectivity index (χ3n) is 2.85. The van der Waals surface area contributed by atoms with Crippen LogP contribution in [0.2, 0.25) is 4.34 Å². The van der Waals surface area contributed by atoms with E-state index in [4.69, 9.17) is 11.6 Å². The van der Waals surface area contributed by atoms with Crippen LogP contribution in [0.4, 0.5) is 10.5 Å². The molecule has 2 amide bonds. The van der Waals surface area contributed by atoms with Crippen molar-refractivity contribution in [2.75, 3.05) is 5.32 Å². The van der Waals surface area contributed by atoms with Gasteiger partial charge in [-0.15, -0.1) is 11.3 Å². The van der Waals surface area contributed by atoms with Gasteiger partial charge in [-0.05, 0) is 56.2 Å². The zero-order valence-electron chi connectivity index (χ0n) is 11.7. The molecular formula is C15H17ClN2OS. The SMILES string of the molecule is Cc1cc(C)cc(NC(=O)NC(C)c2ccc(Cl)s2)c1. The molecule has 1 aromatic carbocycles. The first kappa shape index (κ1) is 14.9. The van der Waals surface area contributed by atoms with Crippen molar-refractivity contribution in [1.29, 1.82) is 0 Å². The number of rotatable bonds is 3. The van der Waals surface area contributed by atoms with Gasteiger partial charge in [-0.25, -0.2) is 4.79 Å². The fourth-order valence-electron chi connectivity index (χ4n) is 2.04. The minimum atomic E-state index is -0.216. The molecule has 0 saturated carbocycles. The summed E-state index contributed by atoms with van der Waals surface area (Å²) in [5.74, 6) is 0. The first-order chi connectivity index (χ1) is 9.44. The quantitative estimate of drug-likeness (QED) is 0.832. The van der Waals surface area contributed by atoms with Crippen LogP contribution in [-0.4, -0.2) is 6.03 Å². The Morgan fingerprint density at radius 2 is 1.85 bits per heavy atom. The Morgan fingerprint density at radius 3 is 2.40 bits per heavy atom. The highest BCUT2D eigenvalue weighted by Gasteiger charge is 2.11. The summed E-state index contributed by atoms with van der Waals surface area (Å²) in [4.78, 5) is 13.0. The van der Waals surface area contributed by atoms with Gasteiger partial charge in [0.15, 0.2) is 0 Å². The number of urea groups is 1. The molecule has 0 radical (unpaired) electrons. The van der Waals surface area contributed by atoms with Crippen molar-refractivity contribution in [3.8, 4) is 0 Å². The van der Waals surface area contributed by atoms with Gasteiger partial charge in [0.25, 0.3) is 0 Å². The summed E-state index contributed by atoms with van der Waals surface area (Å²) in [6, 6.07) is 9.43. The van der Waals surface area contributed by atoms with Crippen LogP contribution in [0.3, 0.4) is 0 Å². The molecule has 1 unspecified atom stereocenters. The third-order valence-corrected chi connectivity index (χ3v) is 4.26. The summed E-state index contributed by atoms with van der Waals surface area (Å²) in [5, 5.41) is 5.75. The van der Waals surface area contributed by atoms with Gasteiger partial charge in [-0.3, -0.25) is 0 Å². The molecule has 0 aliphatic rings. The Morgan fingerprint density at radius 1 is 1.20 bits per heavy atom. The van der Waals surface area contributed by atoms with Gasteiger partial charge < -0.3 is 10.6 Å². The van der Waals surface area contributed by atoms with Crippen molar-refractivity contribution in [1.82, 2.24) is 5.32 Å². The highest BCUT2D eigenvalue weighted by molar-refractivity contribution is 7.16. The van der Waals surface area contributed by atoms with Crippen molar-refractivity contribution in [3.05, 3.63) is 50.7 Å². The molecule has 0 bridgehead atoms. The van der Waals surface area contributed by atoms with Crippen LogP contribution in [0.1, 0.15) is 29.0 Å². The standard InChI is InChI=1S/C15H17ClN2OS/c1-9-6-10(2)8-12(7-9)18-15(19)17-11(3)13-4-5-14(16)20-13/h4-8,11H,1-3H3,(H2,17,18,19). The fraction of sp³-hybridized carbons (Fsp3) is 0.267. The molecule has 0 aliphatic carbocycles. The second-order valence-corrected chi connectivity index (χ2v) is 6.59. The molecule has 0 saturated heterocycles. The van der Waals surface area contributed by atoms with Crippen LogP contribution in [0.15, 0.2) is 30.3 Å². The number of aryl methyl sites for hydroxylation is 2. The van der Waals surface area contributed by atoms with Crippen LogP contribution in [0, 0.1) is 13.8 Å². The molecule has 1 heterocycles. The van der Waals surface area contributed by atoms with Crippen molar-refractivity contribution in [2.45, 2.75) is 26.8 Å². The van der Waals surface area contributed by atoms with E-state index in [0.717, 1.165) is 26.0 Å². The molecule has 0 spiro atoms. The Hall–Kier alpha value is -1.52. The molecular weight excluding hydrogens is 292 g/mol. The molecule has 0 aliphatic heterocycles. The van der Waals surface area contributed by atoms with Gasteiger partial charge in [0.05, 0.1) is 10.4 Å². The number of hydrogen-bond donors (Lipinski definition) is 2. The van der Waals surface area contributed by atoms with Crippen LogP contribution >= 0.6 is 22.9 Å². The van der Waals surface area contributed by atoms with E-state index in [1.165, 1.54) is 11.3 Å². The Balaban J connectivity index is 1.98. The summed E-state index contributed by atoms with van der Waals surface area (Å²) in [6.45, 7) is 5.95. The number of anilines is 1. The van der Waals surface area contributed by atoms with Crippen LogP contribution in [0.5, 0.6) is 0 Å². The van der Waals surface area contributed by atoms with Crippen molar-refractivity contribution in [2.24, 2.45) is 0 Å². The predicted molar refractivity (Wildman–Crippen MR) is 85.8 cm³/mol. The molecule has 1 aromatic heterocycles. The molecule has 5 heteroatoms. The second-order valence-electron chi connectivity index (χ2n) is 4.84. The summed E-state index contributed by atoms with van der Waals surface area (Å²) >= 11 is 7.37. The molecule has 106 valence electrons. The first-order valence-corrected chi connectivity index (χ1v) is 7.54. The topological polar surface area (TPSA) is 41.1 Å². The van der Waals surface area contributed by atoms with E-state index >= 15 is 0 Å². The maximum atomic E-state index is 12.0. The number of thiophene rings is 1. The lowest BCUT2D eigenvalue weighted by atomic mass is 10.1. The highest BCUT2D eigenvalue weighted by Crippen LogP contribution is 2.26. The molecule has 2 N–H and O–H groups in total. The normalized spacial score (nSPS) is 12.0. The number of nitrogens with one attached hydrogen (secondary N) is 2. The lowest BCUT2D eigenvalue weighted by molar-refractivity contribution is 0.249. The van der Waals surface area contributed by atoms with Crippen LogP contribution in [0.25, 0.3) is 0 Å². The molecule has 2 aromatic rings. The highest BCUT2D eigenvalue weighted by atomic mass is 35.5. The van der Waals surface area contributed by atoms with Gasteiger partial charge in [-0.2, -0.15) is 0 Å². The van der Waals surface area contributed by atoms with Crippen LogP contribution in [-0.2, 0) is 0 Å². The predicted octanol–water partition coefficient (Wildman–Crippen LogP) is 4.90. The first-order valence-electron chi connectivity index (χ1n) is 6.35. The maximum absolute atomic E-state index is 12.0. The minimum Gasteiger partial charge on any atom is -0.331 e. The van der Waals surface area contributed by atoms with Gasteiger partial charge in [0.1, 0.15) is 0 Å². The number of benzene rings is 1. The van der Waals surface area contributed by atoms with Crippen LogP contribution < -0.4 is 10.6 Å². The number of halogens is 1. The largest absolute Gasteiger partial charge is 0.331 e. The summed E-state index contributed by atoms with van der Waals surface area (Å²) in [6.07, 6.45) is 0. The lowest BCUT2D eigenvalue weighted by Gasteiger charge is -2.14. The number of hydrogen-bond acceptors (Lipinski definition) is 2. The summed E-state index contributed by atoms with van der Waals surface area (Å²) < 4.78 is 0.725. The molecule has 0 fully saturated rings. The second kappa shape index (κ2) is 6.29. The third kappa shape index (κ3) is 3.99. The number of carbonyl (C=O) groups excluding carboxylic acids is 1. The molecule has 1 atom stereocenters. The molecule has 3 nitrogen and oxygen atoms in total. The summed E-state index contributed by atoms with van der Waals surface area (Å²) in [5.41, 5.74) is 3.05. The molecule has 2 rings (SSSR count). The van der Waals surface area contributed by atoms with E-state index in [1.807, 2.05) is 45.0 Å². The van der Waals surface area contributed by atoms with Crippen molar-refractivity contribution < 1.29 is 4.79 Å². The maximum Gasteiger partial charge on any atom is 0.319 e. The average molecular weight is 309 g/mol. The van der Waals surface area contributed by atoms with Gasteiger partial charge in [0.2, 0.25) is 0 Å². The van der Waals surface area contributed by atoms with Gasteiger partial charge in [-0.1, -0.05) is 17.7 Å². The Kier molecular flexibility index (Phi) is 4.68. The van der Waals surface area contributed by atoms with Gasteiger partial charge in [0, 0.05) is 10.6 Å². The van der Waals surface area contributed by atoms with Crippen molar-refractivity contribution >= 4 is 34.7 Å². The Bertz CT molecular complexity index is 604. The van der Waals surface area contributed by atoms with E-state index < -0.39 is 0 Å². The van der Waals surface area contributed by atoms with E-state index in [9.17, 15) is 4.79 Å². The fourth-order valence-corrected chi connectivity index (χ4v) is 3.11.